The molecule has 0 aromatic heterocycles. The Labute approximate surface area is 70.1 Å². The van der Waals surface area contributed by atoms with E-state index in [9.17, 15) is 0 Å². The maximum atomic E-state index is 2.36. The minimum Gasteiger partial charge on any atom is -0.378 e. The van der Waals surface area contributed by atoms with Crippen molar-refractivity contribution in [2.75, 3.05) is 7.05 Å². The highest BCUT2D eigenvalue weighted by Crippen LogP contribution is 2.21. The molecule has 1 heteroatoms. The minimum absolute atomic E-state index is 0.819. The number of rotatable bonds is 2. The molecule has 64 valence electrons. The summed E-state index contributed by atoms with van der Waals surface area (Å²) in [5, 5.41) is 0. The van der Waals surface area contributed by atoms with Crippen LogP contribution in [-0.2, 0) is 0 Å². The third kappa shape index (κ3) is 2.57. The molecule has 1 aliphatic carbocycles. The van der Waals surface area contributed by atoms with Gasteiger partial charge < -0.3 is 4.90 Å². The fraction of sp³-hybridized carbons (Fsp3) is 0.800. The highest BCUT2D eigenvalue weighted by molar-refractivity contribution is 4.83. The molecule has 0 aromatic rings. The van der Waals surface area contributed by atoms with E-state index in [-0.39, 0.29) is 0 Å². The number of hydrogen-bond acceptors (Lipinski definition) is 1. The van der Waals surface area contributed by atoms with Crippen LogP contribution < -0.4 is 0 Å². The molecule has 0 radical (unpaired) electrons. The lowest BCUT2D eigenvalue weighted by atomic mass is 9.95. The normalized spacial score (nSPS) is 20.9. The average Bonchev–Trinajstić information content (AvgIpc) is 2.07. The molecule has 0 aliphatic heterocycles. The Balaban J connectivity index is 2.32. The summed E-state index contributed by atoms with van der Waals surface area (Å²) < 4.78 is 0. The van der Waals surface area contributed by atoms with Crippen molar-refractivity contribution in [3.63, 3.8) is 0 Å². The minimum atomic E-state index is 0.819. The highest BCUT2D eigenvalue weighted by Gasteiger charge is 2.14. The molecular weight excluding hydrogens is 134 g/mol. The Bertz CT molecular complexity index is 123. The molecule has 0 unspecified atom stereocenters. The van der Waals surface area contributed by atoms with Gasteiger partial charge in [-0.05, 0) is 26.0 Å². The van der Waals surface area contributed by atoms with Crippen LogP contribution >= 0.6 is 0 Å². The Morgan fingerprint density at radius 1 is 1.18 bits per heavy atom. The zero-order valence-electron chi connectivity index (χ0n) is 7.71. The van der Waals surface area contributed by atoms with Gasteiger partial charge in [0.1, 0.15) is 0 Å². The van der Waals surface area contributed by atoms with E-state index in [4.69, 9.17) is 0 Å². The largest absolute Gasteiger partial charge is 0.378 e. The second-order valence-electron chi connectivity index (χ2n) is 3.44. The van der Waals surface area contributed by atoms with Crippen LogP contribution in [0.2, 0.25) is 0 Å². The van der Waals surface area contributed by atoms with Gasteiger partial charge in [0.05, 0.1) is 0 Å². The van der Waals surface area contributed by atoms with Crippen LogP contribution in [0.4, 0.5) is 0 Å². The summed E-state index contributed by atoms with van der Waals surface area (Å²) >= 11 is 0. The zero-order chi connectivity index (χ0) is 8.10. The summed E-state index contributed by atoms with van der Waals surface area (Å²) in [6.07, 6.45) is 11.4. The predicted octanol–water partition coefficient (Wildman–Crippen LogP) is 2.78. The first-order valence-electron chi connectivity index (χ1n) is 4.69. The van der Waals surface area contributed by atoms with Crippen LogP contribution in [0.3, 0.4) is 0 Å². The number of hydrogen-bond donors (Lipinski definition) is 0. The van der Waals surface area contributed by atoms with Crippen molar-refractivity contribution in [3.05, 3.63) is 12.3 Å². The first-order chi connectivity index (χ1) is 5.34. The third-order valence-corrected chi connectivity index (χ3v) is 2.53. The van der Waals surface area contributed by atoms with Crippen molar-refractivity contribution in [3.8, 4) is 0 Å². The summed E-state index contributed by atoms with van der Waals surface area (Å²) in [6.45, 7) is 2.08. The zero-order valence-corrected chi connectivity index (χ0v) is 7.71. The second-order valence-corrected chi connectivity index (χ2v) is 3.44. The molecule has 0 spiro atoms. The maximum absolute atomic E-state index is 2.36. The second kappa shape index (κ2) is 4.42. The molecule has 1 nitrogen and oxygen atoms in total. The van der Waals surface area contributed by atoms with Gasteiger partial charge in [-0.3, -0.25) is 0 Å². The maximum Gasteiger partial charge on any atom is 0.0281 e. The van der Waals surface area contributed by atoms with Gasteiger partial charge in [-0.2, -0.15) is 0 Å². The summed E-state index contributed by atoms with van der Waals surface area (Å²) in [5.74, 6) is 0. The summed E-state index contributed by atoms with van der Waals surface area (Å²) in [7, 11) is 2.19. The van der Waals surface area contributed by atoms with Crippen molar-refractivity contribution in [2.45, 2.75) is 45.1 Å². The van der Waals surface area contributed by atoms with E-state index in [2.05, 4.69) is 31.1 Å². The molecule has 1 rings (SSSR count). The van der Waals surface area contributed by atoms with Gasteiger partial charge in [0.25, 0.3) is 0 Å². The Morgan fingerprint density at radius 2 is 1.82 bits per heavy atom. The number of allylic oxidation sites excluding steroid dienone is 1. The lowest BCUT2D eigenvalue weighted by Gasteiger charge is -2.30. The van der Waals surface area contributed by atoms with Gasteiger partial charge in [0.15, 0.2) is 0 Å². The Kier molecular flexibility index (Phi) is 3.47. The molecule has 1 saturated carbocycles. The monoisotopic (exact) mass is 153 g/mol. The molecule has 1 aliphatic rings. The highest BCUT2D eigenvalue weighted by atomic mass is 15.1. The van der Waals surface area contributed by atoms with Gasteiger partial charge in [-0.15, -0.1) is 0 Å². The predicted molar refractivity (Wildman–Crippen MR) is 49.5 cm³/mol. The molecule has 0 N–H and O–H groups in total. The van der Waals surface area contributed by atoms with E-state index in [1.54, 1.807) is 0 Å². The van der Waals surface area contributed by atoms with E-state index >= 15 is 0 Å². The van der Waals surface area contributed by atoms with E-state index in [0.717, 1.165) is 6.04 Å². The first-order valence-corrected chi connectivity index (χ1v) is 4.69. The van der Waals surface area contributed by atoms with Crippen molar-refractivity contribution in [2.24, 2.45) is 0 Å². The standard InChI is InChI=1S/C10H19N/c1-3-9-11(2)10-7-5-4-6-8-10/h3,9-10H,4-8H2,1-2H3/b9-3+. The van der Waals surface area contributed by atoms with Crippen molar-refractivity contribution in [1.82, 2.24) is 4.90 Å². The van der Waals surface area contributed by atoms with Crippen LogP contribution in [0.5, 0.6) is 0 Å². The van der Waals surface area contributed by atoms with Crippen molar-refractivity contribution < 1.29 is 0 Å². The lowest BCUT2D eigenvalue weighted by molar-refractivity contribution is 0.254. The topological polar surface area (TPSA) is 3.24 Å². The smallest absolute Gasteiger partial charge is 0.0281 e. The quantitative estimate of drug-likeness (QED) is 0.589. The van der Waals surface area contributed by atoms with Gasteiger partial charge >= 0.3 is 0 Å². The molecule has 0 heterocycles. The Hall–Kier alpha value is -0.460. The van der Waals surface area contributed by atoms with Gasteiger partial charge in [0.2, 0.25) is 0 Å². The number of nitrogens with zero attached hydrogens (tertiary/aromatic N) is 1. The molecule has 0 aromatic carbocycles. The van der Waals surface area contributed by atoms with Crippen LogP contribution in [0.15, 0.2) is 12.3 Å². The van der Waals surface area contributed by atoms with Crippen LogP contribution in [-0.4, -0.2) is 18.0 Å². The molecule has 0 bridgehead atoms. The molecule has 11 heavy (non-hydrogen) atoms. The Morgan fingerprint density at radius 3 is 2.36 bits per heavy atom. The van der Waals surface area contributed by atoms with Crippen LogP contribution in [0.25, 0.3) is 0 Å². The van der Waals surface area contributed by atoms with E-state index in [1.165, 1.54) is 32.1 Å². The van der Waals surface area contributed by atoms with Crippen molar-refractivity contribution in [1.29, 1.82) is 0 Å². The van der Waals surface area contributed by atoms with Gasteiger partial charge in [0, 0.05) is 13.1 Å². The summed E-state index contributed by atoms with van der Waals surface area (Å²) in [5.41, 5.74) is 0. The van der Waals surface area contributed by atoms with Crippen molar-refractivity contribution >= 4 is 0 Å². The van der Waals surface area contributed by atoms with Crippen LogP contribution in [0, 0.1) is 0 Å². The first kappa shape index (κ1) is 8.63. The lowest BCUT2D eigenvalue weighted by Crippen LogP contribution is -2.28. The molecular formula is C10H19N. The van der Waals surface area contributed by atoms with Gasteiger partial charge in [-0.25, -0.2) is 0 Å². The molecule has 1 fully saturated rings. The molecule has 0 amide bonds. The third-order valence-electron chi connectivity index (χ3n) is 2.53. The molecule has 0 saturated heterocycles. The fourth-order valence-electron chi connectivity index (χ4n) is 1.85. The SMILES string of the molecule is C/C=C/N(C)C1CCCCC1. The van der Waals surface area contributed by atoms with Gasteiger partial charge in [-0.1, -0.05) is 25.3 Å². The molecule has 0 atom stereocenters. The average molecular weight is 153 g/mol. The van der Waals surface area contributed by atoms with Crippen LogP contribution in [0.1, 0.15) is 39.0 Å². The van der Waals surface area contributed by atoms with E-state index in [0.29, 0.717) is 0 Å². The summed E-state index contributed by atoms with van der Waals surface area (Å²) in [6, 6.07) is 0.819. The van der Waals surface area contributed by atoms with E-state index in [1.807, 2.05) is 0 Å². The fourth-order valence-corrected chi connectivity index (χ4v) is 1.85. The van der Waals surface area contributed by atoms with E-state index < -0.39 is 0 Å². The summed E-state index contributed by atoms with van der Waals surface area (Å²) in [4.78, 5) is 2.36.